The molecule has 16 nitrogen and oxygen atoms in total. The number of aliphatic carboxylic acids is 1. The van der Waals surface area contributed by atoms with E-state index in [1.165, 1.54) is 32.4 Å². The van der Waals surface area contributed by atoms with Gasteiger partial charge in [0.2, 0.25) is 11.7 Å². The number of carboxylic acids is 1. The highest BCUT2D eigenvalue weighted by atomic mass is 16.5. The van der Waals surface area contributed by atoms with Crippen LogP contribution in [0.4, 0.5) is 0 Å². The van der Waals surface area contributed by atoms with E-state index >= 15 is 0 Å². The Hall–Kier alpha value is -4.45. The molecule has 0 saturated heterocycles. The summed E-state index contributed by atoms with van der Waals surface area (Å²) in [6, 6.07) is 3.80. The van der Waals surface area contributed by atoms with Crippen LogP contribution in [0, 0.1) is 0 Å². The molecule has 0 spiro atoms. The van der Waals surface area contributed by atoms with Gasteiger partial charge in [0.15, 0.2) is 5.78 Å². The van der Waals surface area contributed by atoms with Crippen LogP contribution in [0.1, 0.15) is 96.9 Å². The lowest BCUT2D eigenvalue weighted by molar-refractivity contribution is -0.138. The number of benzene rings is 2. The van der Waals surface area contributed by atoms with Crippen molar-refractivity contribution in [2.24, 2.45) is 10.8 Å². The summed E-state index contributed by atoms with van der Waals surface area (Å²) in [5.41, 5.74) is 4.59. The first-order chi connectivity index (χ1) is 24.2. The van der Waals surface area contributed by atoms with Gasteiger partial charge in [0, 0.05) is 36.6 Å². The molecular formula is C35H51N3O13. The molecule has 0 aliphatic heterocycles. The molecule has 4 rings (SSSR count). The van der Waals surface area contributed by atoms with Crippen molar-refractivity contribution in [2.75, 3.05) is 27.4 Å². The van der Waals surface area contributed by atoms with Crippen LogP contribution in [0.15, 0.2) is 23.3 Å². The molecule has 51 heavy (non-hydrogen) atoms. The van der Waals surface area contributed by atoms with Crippen LogP contribution in [0.3, 0.4) is 0 Å². The lowest BCUT2D eigenvalue weighted by Crippen LogP contribution is -2.47. The zero-order valence-electron chi connectivity index (χ0n) is 30.0. The van der Waals surface area contributed by atoms with E-state index in [1.54, 1.807) is 6.92 Å². The number of nitrogens with zero attached hydrogens (tertiary/aromatic N) is 1. The van der Waals surface area contributed by atoms with E-state index in [-0.39, 0.29) is 71.3 Å². The average molecular weight is 722 g/mol. The minimum atomic E-state index is -1.89. The average Bonchev–Trinajstić information content (AvgIpc) is 3.14. The van der Waals surface area contributed by atoms with Gasteiger partial charge in [0.1, 0.15) is 22.8 Å². The van der Waals surface area contributed by atoms with E-state index in [0.29, 0.717) is 0 Å². The fraction of sp³-hybridized carbons (Fsp3) is 0.514. The highest BCUT2D eigenvalue weighted by Gasteiger charge is 2.44. The van der Waals surface area contributed by atoms with E-state index in [9.17, 15) is 44.7 Å². The van der Waals surface area contributed by atoms with Crippen molar-refractivity contribution in [1.82, 2.24) is 5.43 Å². The van der Waals surface area contributed by atoms with Crippen molar-refractivity contribution in [3.63, 3.8) is 0 Å². The zero-order valence-corrected chi connectivity index (χ0v) is 30.0. The number of methoxy groups -OCH3 is 2. The lowest BCUT2D eigenvalue weighted by Gasteiger charge is -2.36. The Bertz CT molecular complexity index is 1570. The number of ketones is 2. The summed E-state index contributed by atoms with van der Waals surface area (Å²) in [6.07, 6.45) is -2.51. The van der Waals surface area contributed by atoms with Crippen LogP contribution in [0.25, 0.3) is 0 Å². The van der Waals surface area contributed by atoms with Gasteiger partial charge >= 0.3 is 5.97 Å². The van der Waals surface area contributed by atoms with Crippen molar-refractivity contribution >= 4 is 29.2 Å². The topological polar surface area (TPSA) is 279 Å². The monoisotopic (exact) mass is 721 g/mol. The minimum Gasteiger partial charge on any atom is -0.507 e. The van der Waals surface area contributed by atoms with Crippen LogP contribution in [0.2, 0.25) is 0 Å². The third kappa shape index (κ3) is 10.1. The van der Waals surface area contributed by atoms with E-state index in [2.05, 4.69) is 10.5 Å². The molecule has 16 heteroatoms. The Morgan fingerprint density at radius 2 is 1.57 bits per heavy atom. The van der Waals surface area contributed by atoms with Crippen molar-refractivity contribution in [3.05, 3.63) is 51.6 Å². The third-order valence-electron chi connectivity index (χ3n) is 8.16. The number of nitrogens with one attached hydrogen (secondary N) is 1. The van der Waals surface area contributed by atoms with Crippen LogP contribution in [-0.2, 0) is 27.2 Å². The Kier molecular flexibility index (Phi) is 17.8. The second-order valence-corrected chi connectivity index (χ2v) is 11.1. The number of nitrogens with two attached hydrogens (primary N) is 1. The molecule has 0 radical (unpaired) electrons. The number of carboxylic acid groups (broad SMARTS) is 1. The van der Waals surface area contributed by atoms with Gasteiger partial charge in [-0.05, 0) is 25.8 Å². The van der Waals surface area contributed by atoms with Gasteiger partial charge in [0.05, 0.1) is 67.4 Å². The molecule has 0 bridgehead atoms. The molecule has 2 aromatic carbocycles. The maximum atomic E-state index is 13.3. The van der Waals surface area contributed by atoms with Crippen LogP contribution in [0.5, 0.6) is 17.2 Å². The SMILES string of the molecule is CC.CC.COC(C)C(O)C(N)CO.COc1cccc2c1C(=O)c1c(O)c3c(c(O)c1C2=O)C[C@@](O)(/C(CO)=N\NC(=O)CCC(=O)O)CC3. The molecule has 284 valence electrons. The van der Waals surface area contributed by atoms with Gasteiger partial charge in [-0.2, -0.15) is 5.10 Å². The Balaban J connectivity index is 0.000000795. The van der Waals surface area contributed by atoms with E-state index in [4.69, 9.17) is 25.4 Å². The number of hydrogen-bond donors (Lipinski definition) is 9. The zero-order chi connectivity index (χ0) is 39.2. The van der Waals surface area contributed by atoms with Gasteiger partial charge in [-0.25, -0.2) is 5.43 Å². The van der Waals surface area contributed by atoms with E-state index < -0.39 is 77.7 Å². The molecular weight excluding hydrogens is 670 g/mol. The number of carbonyl (C=O) groups excluding carboxylic acids is 3. The number of ether oxygens (including phenoxy) is 2. The standard InChI is InChI=1S/C25H24N2O10.C6H15NO3.2C2H6/c1-37-14-4-2-3-12-18(14)24(35)20-19(22(12)33)23(34)13-9-25(36,8-7-11(13)21(20)32)15(10-28)26-27-16(29)5-6-17(30)31;1-4(10-2)6(9)5(7)3-8;2*1-2/h2-4,28,32,34,36H,5-10H2,1H3,(H,27,29)(H,30,31);4-6,8-9H,3,7H2,1-2H3;2*1-2H3/b26-15-;;;/t25-;;;/m1.../s1. The summed E-state index contributed by atoms with van der Waals surface area (Å²) >= 11 is 0. The summed E-state index contributed by atoms with van der Waals surface area (Å²) in [5.74, 6) is -4.28. The van der Waals surface area contributed by atoms with Crippen molar-refractivity contribution in [2.45, 2.75) is 90.6 Å². The summed E-state index contributed by atoms with van der Waals surface area (Å²) in [5, 5.41) is 73.4. The molecule has 2 aromatic rings. The predicted molar refractivity (Wildman–Crippen MR) is 186 cm³/mol. The van der Waals surface area contributed by atoms with Gasteiger partial charge in [-0.15, -0.1) is 0 Å². The number of hydrogen-bond acceptors (Lipinski definition) is 14. The minimum absolute atomic E-state index is 0.00384. The molecule has 0 aromatic heterocycles. The smallest absolute Gasteiger partial charge is 0.303 e. The molecule has 3 unspecified atom stereocenters. The number of aliphatic hydroxyl groups excluding tert-OH is 3. The van der Waals surface area contributed by atoms with Gasteiger partial charge in [-0.3, -0.25) is 19.2 Å². The maximum absolute atomic E-state index is 13.3. The lowest BCUT2D eigenvalue weighted by atomic mass is 9.73. The van der Waals surface area contributed by atoms with Crippen molar-refractivity contribution < 1.29 is 64.4 Å². The quantitative estimate of drug-likeness (QED) is 0.0764. The molecule has 1 amide bonds. The van der Waals surface area contributed by atoms with Gasteiger partial charge in [-0.1, -0.05) is 39.8 Å². The van der Waals surface area contributed by atoms with Crippen molar-refractivity contribution in [1.29, 1.82) is 0 Å². The number of fused-ring (bicyclic) bond motifs is 3. The number of aromatic hydroxyl groups is 2. The highest BCUT2D eigenvalue weighted by molar-refractivity contribution is 6.31. The van der Waals surface area contributed by atoms with Crippen LogP contribution >= 0.6 is 0 Å². The summed E-state index contributed by atoms with van der Waals surface area (Å²) in [7, 11) is 2.82. The highest BCUT2D eigenvalue weighted by Crippen LogP contribution is 2.48. The number of rotatable bonds is 11. The normalized spacial score (nSPS) is 17.6. The largest absolute Gasteiger partial charge is 0.507 e. The molecule has 0 fully saturated rings. The predicted octanol–water partition coefficient (Wildman–Crippen LogP) is 1.19. The van der Waals surface area contributed by atoms with E-state index in [1.807, 2.05) is 27.7 Å². The second kappa shape index (κ2) is 20.4. The number of amides is 1. The van der Waals surface area contributed by atoms with E-state index in [0.717, 1.165) is 0 Å². The Morgan fingerprint density at radius 1 is 0.980 bits per heavy atom. The van der Waals surface area contributed by atoms with Crippen LogP contribution in [-0.4, -0.2) is 116 Å². The molecule has 2 aliphatic rings. The fourth-order valence-electron chi connectivity index (χ4n) is 5.36. The molecule has 10 N–H and O–H groups in total. The number of phenolic OH excluding ortho intramolecular Hbond substituents is 2. The number of hydrazone groups is 1. The third-order valence-corrected chi connectivity index (χ3v) is 8.16. The molecule has 0 saturated carbocycles. The van der Waals surface area contributed by atoms with Gasteiger partial charge < -0.3 is 51.0 Å². The van der Waals surface area contributed by atoms with Crippen LogP contribution < -0.4 is 15.9 Å². The van der Waals surface area contributed by atoms with Crippen molar-refractivity contribution in [3.8, 4) is 17.2 Å². The molecule has 0 heterocycles. The first-order valence-corrected chi connectivity index (χ1v) is 16.5. The second-order valence-electron chi connectivity index (χ2n) is 11.1. The summed E-state index contributed by atoms with van der Waals surface area (Å²) in [4.78, 5) is 49.1. The number of carbonyl (C=O) groups is 4. The van der Waals surface area contributed by atoms with Gasteiger partial charge in [0.25, 0.3) is 0 Å². The molecule has 2 aliphatic carbocycles. The Morgan fingerprint density at radius 3 is 2.10 bits per heavy atom. The summed E-state index contributed by atoms with van der Waals surface area (Å²) < 4.78 is 10.0. The fourth-order valence-corrected chi connectivity index (χ4v) is 5.36. The number of aliphatic hydroxyl groups is 4. The summed E-state index contributed by atoms with van der Waals surface area (Å²) in [6.45, 7) is 8.68. The molecule has 4 atom stereocenters. The first kappa shape index (κ1) is 44.6. The maximum Gasteiger partial charge on any atom is 0.303 e. The number of phenols is 2. The Labute approximate surface area is 296 Å². The first-order valence-electron chi connectivity index (χ1n) is 16.5.